The molecule has 3 rings (SSSR count). The Labute approximate surface area is 178 Å². The number of carbonyl (C=O) groups is 2. The molecule has 0 spiro atoms. The minimum absolute atomic E-state index is 0.00781. The van der Waals surface area contributed by atoms with E-state index in [9.17, 15) is 19.7 Å². The van der Waals surface area contributed by atoms with E-state index in [4.69, 9.17) is 9.47 Å². The van der Waals surface area contributed by atoms with Crippen LogP contribution in [0.3, 0.4) is 0 Å². The Morgan fingerprint density at radius 2 is 1.10 bits per heavy atom. The summed E-state index contributed by atoms with van der Waals surface area (Å²) in [6.07, 6.45) is 1.90. The smallest absolute Gasteiger partial charge is 0.337 e. The average molecular weight is 417 g/mol. The third-order valence-corrected chi connectivity index (χ3v) is 4.65. The van der Waals surface area contributed by atoms with Gasteiger partial charge in [0.05, 0.1) is 30.3 Å². The normalized spacial score (nSPS) is 11.0. The molecule has 7 nitrogen and oxygen atoms in total. The molecule has 0 radical (unpaired) electrons. The number of hydrogen-bond acceptors (Lipinski definition) is 6. The zero-order chi connectivity index (χ0) is 22.4. The molecule has 0 bridgehead atoms. The van der Waals surface area contributed by atoms with Crippen molar-refractivity contribution in [2.45, 2.75) is 0 Å². The lowest BCUT2D eigenvalue weighted by Crippen LogP contribution is -2.01. The van der Waals surface area contributed by atoms with Gasteiger partial charge in [0.2, 0.25) is 0 Å². The molecule has 31 heavy (non-hydrogen) atoms. The standard InChI is InChI=1S/C24H19NO6/c1-30-23(26)19-5-3-16(4-6-19)15-22(18-11-13-21(14-12-18)25(28)29)17-7-9-20(10-8-17)24(27)31-2/h3-15H,1-2H3/b22-15+. The molecule has 3 aromatic carbocycles. The van der Waals surface area contributed by atoms with Crippen molar-refractivity contribution in [3.05, 3.63) is 111 Å². The molecule has 0 aliphatic carbocycles. The molecule has 0 atom stereocenters. The number of methoxy groups -OCH3 is 2. The van der Waals surface area contributed by atoms with E-state index in [0.717, 1.165) is 22.3 Å². The van der Waals surface area contributed by atoms with Gasteiger partial charge in [0.1, 0.15) is 0 Å². The van der Waals surface area contributed by atoms with Crippen LogP contribution >= 0.6 is 0 Å². The van der Waals surface area contributed by atoms with Crippen molar-refractivity contribution in [1.29, 1.82) is 0 Å². The van der Waals surface area contributed by atoms with Crippen LogP contribution in [0.2, 0.25) is 0 Å². The van der Waals surface area contributed by atoms with E-state index in [1.165, 1.54) is 26.4 Å². The molecule has 0 saturated carbocycles. The van der Waals surface area contributed by atoms with Crippen LogP contribution in [-0.4, -0.2) is 31.1 Å². The average Bonchev–Trinajstić information content (AvgIpc) is 2.82. The highest BCUT2D eigenvalue weighted by molar-refractivity contribution is 5.94. The topological polar surface area (TPSA) is 95.7 Å². The number of nitrogens with zero attached hydrogens (tertiary/aromatic N) is 1. The summed E-state index contributed by atoms with van der Waals surface area (Å²) in [5.74, 6) is -0.865. The SMILES string of the molecule is COC(=O)c1ccc(/C=C(\c2ccc(C(=O)OC)cc2)c2ccc([N+](=O)[O-])cc2)cc1. The minimum Gasteiger partial charge on any atom is -0.465 e. The fourth-order valence-corrected chi connectivity index (χ4v) is 3.00. The Hall–Kier alpha value is -4.26. The number of esters is 2. The number of benzene rings is 3. The molecule has 0 aliphatic heterocycles. The summed E-state index contributed by atoms with van der Waals surface area (Å²) < 4.78 is 9.46. The van der Waals surface area contributed by atoms with E-state index >= 15 is 0 Å². The molecule has 3 aromatic rings. The van der Waals surface area contributed by atoms with Crippen LogP contribution in [0.4, 0.5) is 5.69 Å². The number of carbonyl (C=O) groups excluding carboxylic acids is 2. The largest absolute Gasteiger partial charge is 0.465 e. The second kappa shape index (κ2) is 9.49. The summed E-state index contributed by atoms with van der Waals surface area (Å²) in [7, 11) is 2.64. The van der Waals surface area contributed by atoms with Crippen LogP contribution in [0.5, 0.6) is 0 Å². The van der Waals surface area contributed by atoms with Gasteiger partial charge in [-0.25, -0.2) is 9.59 Å². The first kappa shape index (κ1) is 21.4. The maximum absolute atomic E-state index is 11.7. The van der Waals surface area contributed by atoms with Crippen LogP contribution in [0.1, 0.15) is 37.4 Å². The first-order chi connectivity index (χ1) is 14.9. The van der Waals surface area contributed by atoms with Crippen LogP contribution in [-0.2, 0) is 9.47 Å². The molecule has 0 N–H and O–H groups in total. The highest BCUT2D eigenvalue weighted by atomic mass is 16.6. The summed E-state index contributed by atoms with van der Waals surface area (Å²) in [5.41, 5.74) is 4.00. The van der Waals surface area contributed by atoms with E-state index in [-0.39, 0.29) is 5.69 Å². The van der Waals surface area contributed by atoms with Crippen molar-refractivity contribution < 1.29 is 24.0 Å². The zero-order valence-electron chi connectivity index (χ0n) is 16.9. The fourth-order valence-electron chi connectivity index (χ4n) is 3.00. The summed E-state index contributed by atoms with van der Waals surface area (Å²) in [6, 6.07) is 19.9. The van der Waals surface area contributed by atoms with Crippen molar-refractivity contribution in [2.24, 2.45) is 0 Å². The Morgan fingerprint density at radius 1 is 0.710 bits per heavy atom. The molecule has 0 fully saturated rings. The Bertz CT molecular complexity index is 1130. The zero-order valence-corrected chi connectivity index (χ0v) is 16.9. The predicted molar refractivity (Wildman–Crippen MR) is 116 cm³/mol. The second-order valence-corrected chi connectivity index (χ2v) is 6.54. The predicted octanol–water partition coefficient (Wildman–Crippen LogP) is 4.76. The Balaban J connectivity index is 2.05. The summed E-state index contributed by atoms with van der Waals surface area (Å²) in [5, 5.41) is 11.0. The van der Waals surface area contributed by atoms with Gasteiger partial charge in [0.15, 0.2) is 0 Å². The number of nitro groups is 1. The molecular weight excluding hydrogens is 398 g/mol. The number of ether oxygens (including phenoxy) is 2. The van der Waals surface area contributed by atoms with Crippen molar-refractivity contribution >= 4 is 29.3 Å². The lowest BCUT2D eigenvalue weighted by molar-refractivity contribution is -0.384. The lowest BCUT2D eigenvalue weighted by Gasteiger charge is -2.10. The quantitative estimate of drug-likeness (QED) is 0.248. The van der Waals surface area contributed by atoms with Crippen molar-refractivity contribution in [1.82, 2.24) is 0 Å². The van der Waals surface area contributed by atoms with Gasteiger partial charge in [-0.15, -0.1) is 0 Å². The minimum atomic E-state index is -0.455. The van der Waals surface area contributed by atoms with Gasteiger partial charge in [0.25, 0.3) is 5.69 Å². The van der Waals surface area contributed by atoms with Crippen LogP contribution < -0.4 is 0 Å². The van der Waals surface area contributed by atoms with E-state index in [2.05, 4.69) is 0 Å². The molecular formula is C24H19NO6. The molecule has 0 aromatic heterocycles. The van der Waals surface area contributed by atoms with Gasteiger partial charge in [-0.3, -0.25) is 10.1 Å². The molecule has 0 amide bonds. The third-order valence-electron chi connectivity index (χ3n) is 4.65. The van der Waals surface area contributed by atoms with Crippen LogP contribution in [0, 0.1) is 10.1 Å². The number of non-ortho nitro benzene ring substituents is 1. The molecule has 0 saturated heterocycles. The maximum atomic E-state index is 11.7. The summed E-state index contributed by atoms with van der Waals surface area (Å²) in [6.45, 7) is 0. The van der Waals surface area contributed by atoms with E-state index in [0.29, 0.717) is 11.1 Å². The van der Waals surface area contributed by atoms with Gasteiger partial charge in [-0.1, -0.05) is 24.3 Å². The first-order valence-corrected chi connectivity index (χ1v) is 9.26. The highest BCUT2D eigenvalue weighted by Crippen LogP contribution is 2.28. The lowest BCUT2D eigenvalue weighted by atomic mass is 9.94. The van der Waals surface area contributed by atoms with Gasteiger partial charge >= 0.3 is 11.9 Å². The van der Waals surface area contributed by atoms with Gasteiger partial charge < -0.3 is 9.47 Å². The van der Waals surface area contributed by atoms with Crippen molar-refractivity contribution in [3.63, 3.8) is 0 Å². The fraction of sp³-hybridized carbons (Fsp3) is 0.0833. The van der Waals surface area contributed by atoms with Crippen molar-refractivity contribution in [3.8, 4) is 0 Å². The van der Waals surface area contributed by atoms with Crippen molar-refractivity contribution in [2.75, 3.05) is 14.2 Å². The number of hydrogen-bond donors (Lipinski definition) is 0. The van der Waals surface area contributed by atoms with Gasteiger partial charge in [0, 0.05) is 12.1 Å². The summed E-state index contributed by atoms with van der Waals surface area (Å²) in [4.78, 5) is 33.9. The second-order valence-electron chi connectivity index (χ2n) is 6.54. The van der Waals surface area contributed by atoms with E-state index < -0.39 is 16.9 Å². The molecule has 156 valence electrons. The third kappa shape index (κ3) is 5.02. The Morgan fingerprint density at radius 3 is 1.52 bits per heavy atom. The first-order valence-electron chi connectivity index (χ1n) is 9.26. The van der Waals surface area contributed by atoms with Gasteiger partial charge in [-0.2, -0.15) is 0 Å². The van der Waals surface area contributed by atoms with Crippen LogP contribution in [0.15, 0.2) is 72.8 Å². The highest BCUT2D eigenvalue weighted by Gasteiger charge is 2.12. The number of nitro benzene ring substituents is 1. The molecule has 0 unspecified atom stereocenters. The van der Waals surface area contributed by atoms with Crippen LogP contribution in [0.25, 0.3) is 11.6 Å². The number of rotatable bonds is 6. The molecule has 0 aliphatic rings. The molecule has 0 heterocycles. The van der Waals surface area contributed by atoms with E-state index in [1.54, 1.807) is 60.7 Å². The molecule has 7 heteroatoms. The van der Waals surface area contributed by atoms with Gasteiger partial charge in [-0.05, 0) is 64.7 Å². The monoisotopic (exact) mass is 417 g/mol. The Kier molecular flexibility index (Phi) is 6.57. The van der Waals surface area contributed by atoms with E-state index in [1.807, 2.05) is 6.08 Å². The summed E-state index contributed by atoms with van der Waals surface area (Å²) >= 11 is 0. The maximum Gasteiger partial charge on any atom is 0.337 e.